The minimum Gasteiger partial charge on any atom is -0.346 e. The van der Waals surface area contributed by atoms with Gasteiger partial charge in [0.1, 0.15) is 0 Å². The van der Waals surface area contributed by atoms with Crippen molar-refractivity contribution in [2.75, 3.05) is 0 Å². The Hall–Kier alpha value is -2.58. The Morgan fingerprint density at radius 2 is 2.14 bits per heavy atom. The number of carbonyl (C=O) groups is 1. The van der Waals surface area contributed by atoms with E-state index in [4.69, 9.17) is 0 Å². The maximum Gasteiger partial charge on any atom is 0.252 e. The van der Waals surface area contributed by atoms with Crippen molar-refractivity contribution >= 4 is 39.6 Å². The molecule has 0 saturated carbocycles. The van der Waals surface area contributed by atoms with Crippen molar-refractivity contribution in [3.05, 3.63) is 62.0 Å². The minimum atomic E-state index is -0.134. The second kappa shape index (κ2) is 7.81. The van der Waals surface area contributed by atoms with Crippen molar-refractivity contribution in [3.8, 4) is 0 Å². The second-order valence-electron chi connectivity index (χ2n) is 6.94. The number of aromatic nitrogens is 4. The van der Waals surface area contributed by atoms with Gasteiger partial charge in [0, 0.05) is 21.9 Å². The molecule has 8 heteroatoms. The smallest absolute Gasteiger partial charge is 0.252 e. The molecule has 0 bridgehead atoms. The van der Waals surface area contributed by atoms with Crippen LogP contribution in [0.3, 0.4) is 0 Å². The van der Waals surface area contributed by atoms with Crippen LogP contribution in [0.25, 0.3) is 11.0 Å². The summed E-state index contributed by atoms with van der Waals surface area (Å²) in [6, 6.07) is 5.91. The Labute approximate surface area is 171 Å². The molecular formula is C20H21N5OS2. The van der Waals surface area contributed by atoms with Gasteiger partial charge in [0.2, 0.25) is 0 Å². The molecule has 0 spiro atoms. The third-order valence-corrected chi connectivity index (χ3v) is 6.42. The van der Waals surface area contributed by atoms with Gasteiger partial charge in [0.15, 0.2) is 5.65 Å². The van der Waals surface area contributed by atoms with E-state index in [-0.39, 0.29) is 5.91 Å². The van der Waals surface area contributed by atoms with Gasteiger partial charge in [-0.05, 0) is 24.4 Å². The molecule has 144 valence electrons. The Balaban J connectivity index is 1.57. The van der Waals surface area contributed by atoms with Crippen LogP contribution in [0.1, 0.15) is 51.4 Å². The Bertz CT molecular complexity index is 1110. The first kappa shape index (κ1) is 18.8. The molecule has 28 heavy (non-hydrogen) atoms. The summed E-state index contributed by atoms with van der Waals surface area (Å²) in [5, 5.41) is 13.3. The standard InChI is InChI=1S/C20H21N5OS2/c1-12(2)20-24-14(11-28-20)8-21-19(26)16-7-13(3)23-18-17(16)9-22-25(18)10-15-5-4-6-27-15/h4-7,9,11-12H,8,10H2,1-3H3,(H,21,26). The van der Waals surface area contributed by atoms with Gasteiger partial charge in [-0.25, -0.2) is 14.6 Å². The molecule has 4 heterocycles. The number of hydrogen-bond donors (Lipinski definition) is 1. The van der Waals surface area contributed by atoms with Crippen LogP contribution in [0.15, 0.2) is 35.2 Å². The molecule has 0 unspecified atom stereocenters. The maximum atomic E-state index is 12.9. The number of pyridine rings is 1. The van der Waals surface area contributed by atoms with Gasteiger partial charge in [0.25, 0.3) is 5.91 Å². The van der Waals surface area contributed by atoms with E-state index >= 15 is 0 Å². The first-order valence-corrected chi connectivity index (χ1v) is 10.8. The lowest BCUT2D eigenvalue weighted by molar-refractivity contribution is 0.0952. The van der Waals surface area contributed by atoms with Gasteiger partial charge in [-0.3, -0.25) is 4.79 Å². The van der Waals surface area contributed by atoms with Crippen molar-refractivity contribution in [2.45, 2.75) is 39.8 Å². The van der Waals surface area contributed by atoms with Gasteiger partial charge in [-0.15, -0.1) is 22.7 Å². The molecule has 0 aliphatic rings. The largest absolute Gasteiger partial charge is 0.346 e. The van der Waals surface area contributed by atoms with Crippen LogP contribution in [-0.4, -0.2) is 25.7 Å². The van der Waals surface area contributed by atoms with E-state index < -0.39 is 0 Å². The van der Waals surface area contributed by atoms with Gasteiger partial charge < -0.3 is 5.32 Å². The van der Waals surface area contributed by atoms with Crippen molar-refractivity contribution in [2.24, 2.45) is 0 Å². The fourth-order valence-electron chi connectivity index (χ4n) is 2.96. The number of aryl methyl sites for hydroxylation is 1. The fraction of sp³-hybridized carbons (Fsp3) is 0.300. The normalized spacial score (nSPS) is 11.4. The molecule has 0 saturated heterocycles. The zero-order chi connectivity index (χ0) is 19.7. The zero-order valence-electron chi connectivity index (χ0n) is 16.0. The third-order valence-electron chi connectivity index (χ3n) is 4.36. The van der Waals surface area contributed by atoms with E-state index in [0.29, 0.717) is 24.6 Å². The highest BCUT2D eigenvalue weighted by molar-refractivity contribution is 7.10. The number of rotatable bonds is 6. The van der Waals surface area contributed by atoms with Gasteiger partial charge in [-0.2, -0.15) is 5.10 Å². The highest BCUT2D eigenvalue weighted by atomic mass is 32.1. The average Bonchev–Trinajstić information content (AvgIpc) is 3.41. The van der Waals surface area contributed by atoms with Crippen molar-refractivity contribution in [1.82, 2.24) is 25.1 Å². The summed E-state index contributed by atoms with van der Waals surface area (Å²) in [7, 11) is 0. The Morgan fingerprint density at radius 1 is 1.29 bits per heavy atom. The third kappa shape index (κ3) is 3.83. The average molecular weight is 412 g/mol. The van der Waals surface area contributed by atoms with Crippen molar-refractivity contribution < 1.29 is 4.79 Å². The zero-order valence-corrected chi connectivity index (χ0v) is 17.6. The first-order valence-electron chi connectivity index (χ1n) is 9.09. The molecule has 6 nitrogen and oxygen atoms in total. The van der Waals surface area contributed by atoms with E-state index in [1.807, 2.05) is 34.5 Å². The Morgan fingerprint density at radius 3 is 2.86 bits per heavy atom. The van der Waals surface area contributed by atoms with Crippen LogP contribution >= 0.6 is 22.7 Å². The summed E-state index contributed by atoms with van der Waals surface area (Å²) in [6.07, 6.45) is 1.73. The number of carbonyl (C=O) groups excluding carboxylic acids is 1. The molecule has 0 radical (unpaired) electrons. The predicted molar refractivity (Wildman–Crippen MR) is 113 cm³/mol. The van der Waals surface area contributed by atoms with E-state index in [1.54, 1.807) is 28.9 Å². The van der Waals surface area contributed by atoms with Gasteiger partial charge in [-0.1, -0.05) is 19.9 Å². The Kier molecular flexibility index (Phi) is 5.23. The number of amides is 1. The van der Waals surface area contributed by atoms with E-state index in [9.17, 15) is 4.79 Å². The molecule has 0 aliphatic heterocycles. The van der Waals surface area contributed by atoms with Crippen LogP contribution in [0.2, 0.25) is 0 Å². The SMILES string of the molecule is Cc1cc(C(=O)NCc2csc(C(C)C)n2)c2cnn(Cc3cccs3)c2n1. The van der Waals surface area contributed by atoms with E-state index in [2.05, 4.69) is 40.3 Å². The van der Waals surface area contributed by atoms with Crippen molar-refractivity contribution in [1.29, 1.82) is 0 Å². The monoisotopic (exact) mass is 411 g/mol. The number of thiophene rings is 1. The summed E-state index contributed by atoms with van der Waals surface area (Å²) in [5.41, 5.74) is 3.01. The summed E-state index contributed by atoms with van der Waals surface area (Å²) in [6.45, 7) is 7.19. The topological polar surface area (TPSA) is 72.7 Å². The van der Waals surface area contributed by atoms with Crippen LogP contribution < -0.4 is 5.32 Å². The number of fused-ring (bicyclic) bond motifs is 1. The molecule has 1 amide bonds. The molecule has 4 rings (SSSR count). The van der Waals surface area contributed by atoms with Gasteiger partial charge >= 0.3 is 0 Å². The highest BCUT2D eigenvalue weighted by Gasteiger charge is 2.16. The number of nitrogens with one attached hydrogen (secondary N) is 1. The molecule has 0 aliphatic carbocycles. The van der Waals surface area contributed by atoms with E-state index in [0.717, 1.165) is 27.4 Å². The van der Waals surface area contributed by atoms with Crippen LogP contribution in [-0.2, 0) is 13.1 Å². The van der Waals surface area contributed by atoms with Crippen molar-refractivity contribution in [3.63, 3.8) is 0 Å². The summed E-state index contributed by atoms with van der Waals surface area (Å²) < 4.78 is 1.85. The molecular weight excluding hydrogens is 390 g/mol. The quantitative estimate of drug-likeness (QED) is 0.512. The lowest BCUT2D eigenvalue weighted by Gasteiger charge is -2.07. The lowest BCUT2D eigenvalue weighted by atomic mass is 10.1. The molecule has 0 atom stereocenters. The number of nitrogens with zero attached hydrogens (tertiary/aromatic N) is 4. The molecule has 4 aromatic rings. The molecule has 0 aromatic carbocycles. The van der Waals surface area contributed by atoms with E-state index in [1.165, 1.54) is 4.88 Å². The summed E-state index contributed by atoms with van der Waals surface area (Å²) >= 11 is 3.31. The molecule has 0 fully saturated rings. The maximum absolute atomic E-state index is 12.9. The predicted octanol–water partition coefficient (Wildman–Crippen LogP) is 4.36. The summed E-state index contributed by atoms with van der Waals surface area (Å²) in [5.74, 6) is 0.261. The molecule has 1 N–H and O–H groups in total. The van der Waals surface area contributed by atoms with Crippen LogP contribution in [0.5, 0.6) is 0 Å². The van der Waals surface area contributed by atoms with Gasteiger partial charge in [0.05, 0.1) is 40.9 Å². The number of hydrogen-bond acceptors (Lipinski definition) is 6. The fourth-order valence-corrected chi connectivity index (χ4v) is 4.48. The first-order chi connectivity index (χ1) is 13.5. The van der Waals surface area contributed by atoms with Crippen LogP contribution in [0.4, 0.5) is 0 Å². The molecule has 4 aromatic heterocycles. The second-order valence-corrected chi connectivity index (χ2v) is 8.87. The lowest BCUT2D eigenvalue weighted by Crippen LogP contribution is -2.23. The number of thiazole rings is 1. The minimum absolute atomic E-state index is 0.134. The summed E-state index contributed by atoms with van der Waals surface area (Å²) in [4.78, 5) is 23.2. The highest BCUT2D eigenvalue weighted by Crippen LogP contribution is 2.21. The van der Waals surface area contributed by atoms with Crippen LogP contribution in [0, 0.1) is 6.92 Å².